The first-order valence-electron chi connectivity index (χ1n) is 6.05. The lowest BCUT2D eigenvalue weighted by atomic mass is 9.98. The van der Waals surface area contributed by atoms with Gasteiger partial charge in [0.1, 0.15) is 11.6 Å². The normalized spacial score (nSPS) is 12.2. The van der Waals surface area contributed by atoms with Crippen LogP contribution in [0.25, 0.3) is 0 Å². The van der Waals surface area contributed by atoms with Crippen LogP contribution in [0.5, 0.6) is 5.75 Å². The Hall–Kier alpha value is -1.58. The number of para-hydroxylation sites is 1. The van der Waals surface area contributed by atoms with Crippen molar-refractivity contribution < 1.29 is 9.13 Å². The molecule has 0 saturated heterocycles. The number of hydrogen-bond acceptors (Lipinski definition) is 2. The fraction of sp³-hybridized carbons (Fsp3) is 0.200. The number of rotatable bonds is 4. The van der Waals surface area contributed by atoms with E-state index >= 15 is 0 Å². The Morgan fingerprint density at radius 2 is 1.95 bits per heavy atom. The number of benzene rings is 2. The highest BCUT2D eigenvalue weighted by Crippen LogP contribution is 2.30. The molecular weight excluding hydrogens is 265 g/mol. The molecule has 0 aliphatic carbocycles. The molecule has 2 N–H and O–H groups in total. The van der Waals surface area contributed by atoms with E-state index in [1.807, 2.05) is 31.2 Å². The van der Waals surface area contributed by atoms with Crippen LogP contribution in [-0.4, -0.2) is 6.61 Å². The molecule has 1 atom stereocenters. The molecule has 0 saturated carbocycles. The van der Waals surface area contributed by atoms with Gasteiger partial charge in [0.15, 0.2) is 0 Å². The zero-order chi connectivity index (χ0) is 13.8. The molecule has 2 nitrogen and oxygen atoms in total. The average molecular weight is 280 g/mol. The van der Waals surface area contributed by atoms with Crippen molar-refractivity contribution in [3.63, 3.8) is 0 Å². The molecule has 100 valence electrons. The van der Waals surface area contributed by atoms with Crippen LogP contribution >= 0.6 is 11.6 Å². The molecule has 0 aromatic heterocycles. The van der Waals surface area contributed by atoms with Crippen molar-refractivity contribution in [2.75, 3.05) is 6.61 Å². The molecule has 0 fully saturated rings. The molecule has 1 unspecified atom stereocenters. The van der Waals surface area contributed by atoms with Crippen LogP contribution in [0.15, 0.2) is 42.5 Å². The van der Waals surface area contributed by atoms with Gasteiger partial charge >= 0.3 is 0 Å². The van der Waals surface area contributed by atoms with Crippen molar-refractivity contribution in [3.05, 3.63) is 64.4 Å². The van der Waals surface area contributed by atoms with Gasteiger partial charge in [-0.25, -0.2) is 4.39 Å². The number of ether oxygens (including phenoxy) is 1. The first-order valence-corrected chi connectivity index (χ1v) is 6.43. The monoisotopic (exact) mass is 279 g/mol. The summed E-state index contributed by atoms with van der Waals surface area (Å²) in [6.07, 6.45) is 0. The van der Waals surface area contributed by atoms with Crippen LogP contribution in [-0.2, 0) is 0 Å². The smallest absolute Gasteiger partial charge is 0.128 e. The molecular formula is C15H15ClFNO. The summed E-state index contributed by atoms with van der Waals surface area (Å²) in [7, 11) is 0. The molecule has 2 aromatic carbocycles. The third kappa shape index (κ3) is 3.06. The predicted molar refractivity (Wildman–Crippen MR) is 75.1 cm³/mol. The highest BCUT2D eigenvalue weighted by molar-refractivity contribution is 6.30. The lowest BCUT2D eigenvalue weighted by molar-refractivity contribution is 0.335. The summed E-state index contributed by atoms with van der Waals surface area (Å²) in [5, 5.41) is 0.459. The Balaban J connectivity index is 2.43. The second-order valence-electron chi connectivity index (χ2n) is 4.11. The molecule has 0 heterocycles. The van der Waals surface area contributed by atoms with Gasteiger partial charge in [-0.15, -0.1) is 0 Å². The minimum atomic E-state index is -0.610. The van der Waals surface area contributed by atoms with Gasteiger partial charge in [-0.2, -0.15) is 0 Å². The van der Waals surface area contributed by atoms with Crippen LogP contribution in [0.3, 0.4) is 0 Å². The zero-order valence-corrected chi connectivity index (χ0v) is 11.3. The summed E-state index contributed by atoms with van der Waals surface area (Å²) in [4.78, 5) is 0. The first-order chi connectivity index (χ1) is 9.13. The maximum Gasteiger partial charge on any atom is 0.128 e. The van der Waals surface area contributed by atoms with E-state index in [2.05, 4.69) is 0 Å². The minimum absolute atomic E-state index is 0.361. The highest BCUT2D eigenvalue weighted by atomic mass is 35.5. The Labute approximate surface area is 117 Å². The Morgan fingerprint density at radius 1 is 1.21 bits per heavy atom. The highest BCUT2D eigenvalue weighted by Gasteiger charge is 2.17. The number of hydrogen-bond donors (Lipinski definition) is 1. The zero-order valence-electron chi connectivity index (χ0n) is 10.6. The van der Waals surface area contributed by atoms with Crippen LogP contribution in [0.4, 0.5) is 4.39 Å². The number of halogens is 2. The van der Waals surface area contributed by atoms with Gasteiger partial charge in [0.05, 0.1) is 12.6 Å². The van der Waals surface area contributed by atoms with Crippen molar-refractivity contribution in [2.45, 2.75) is 13.0 Å². The fourth-order valence-corrected chi connectivity index (χ4v) is 2.13. The Morgan fingerprint density at radius 3 is 2.68 bits per heavy atom. The predicted octanol–water partition coefficient (Wildman–Crippen LogP) is 3.93. The minimum Gasteiger partial charge on any atom is -0.494 e. The maximum atomic E-state index is 13.8. The van der Waals surface area contributed by atoms with Crippen molar-refractivity contribution in [1.29, 1.82) is 0 Å². The van der Waals surface area contributed by atoms with Gasteiger partial charge in [0, 0.05) is 16.1 Å². The van der Waals surface area contributed by atoms with Crippen LogP contribution < -0.4 is 10.5 Å². The average Bonchev–Trinajstić information content (AvgIpc) is 2.42. The molecule has 0 radical (unpaired) electrons. The maximum absolute atomic E-state index is 13.8. The summed E-state index contributed by atoms with van der Waals surface area (Å²) in [6, 6.07) is 11.1. The van der Waals surface area contributed by atoms with E-state index in [9.17, 15) is 4.39 Å². The number of nitrogens with two attached hydrogens (primary N) is 1. The summed E-state index contributed by atoms with van der Waals surface area (Å²) < 4.78 is 19.4. The SMILES string of the molecule is CCOc1ccccc1C(N)c1cc(Cl)ccc1F. The van der Waals surface area contributed by atoms with Gasteiger partial charge in [0.2, 0.25) is 0 Å². The van der Waals surface area contributed by atoms with Gasteiger partial charge in [-0.05, 0) is 31.2 Å². The second-order valence-corrected chi connectivity index (χ2v) is 4.55. The Bertz CT molecular complexity index is 574. The largest absolute Gasteiger partial charge is 0.494 e. The van der Waals surface area contributed by atoms with Gasteiger partial charge < -0.3 is 10.5 Å². The van der Waals surface area contributed by atoms with Gasteiger partial charge in [-0.1, -0.05) is 29.8 Å². The van der Waals surface area contributed by atoms with Gasteiger partial charge in [-0.3, -0.25) is 0 Å². The molecule has 0 spiro atoms. The molecule has 4 heteroatoms. The Kier molecular flexibility index (Phi) is 4.40. The van der Waals surface area contributed by atoms with E-state index in [0.29, 0.717) is 22.9 Å². The van der Waals surface area contributed by atoms with Crippen molar-refractivity contribution >= 4 is 11.6 Å². The standard InChI is InChI=1S/C15H15ClFNO/c1-2-19-14-6-4-3-5-11(14)15(18)12-9-10(16)7-8-13(12)17/h3-9,15H,2,18H2,1H3. The van der Waals surface area contributed by atoms with Crippen LogP contribution in [0.2, 0.25) is 5.02 Å². The van der Waals surface area contributed by atoms with Crippen molar-refractivity contribution in [1.82, 2.24) is 0 Å². The van der Waals surface area contributed by atoms with E-state index in [4.69, 9.17) is 22.1 Å². The quantitative estimate of drug-likeness (QED) is 0.920. The van der Waals surface area contributed by atoms with E-state index in [-0.39, 0.29) is 5.82 Å². The van der Waals surface area contributed by atoms with E-state index < -0.39 is 6.04 Å². The van der Waals surface area contributed by atoms with E-state index in [0.717, 1.165) is 5.56 Å². The summed E-state index contributed by atoms with van der Waals surface area (Å²) >= 11 is 5.90. The van der Waals surface area contributed by atoms with Gasteiger partial charge in [0.25, 0.3) is 0 Å². The van der Waals surface area contributed by atoms with Crippen LogP contribution in [0.1, 0.15) is 24.1 Å². The van der Waals surface area contributed by atoms with E-state index in [1.165, 1.54) is 12.1 Å². The molecule has 0 amide bonds. The topological polar surface area (TPSA) is 35.2 Å². The molecule has 0 aliphatic rings. The second kappa shape index (κ2) is 6.04. The molecule has 0 aliphatic heterocycles. The summed E-state index contributed by atoms with van der Waals surface area (Å²) in [5.74, 6) is 0.292. The summed E-state index contributed by atoms with van der Waals surface area (Å²) in [6.45, 7) is 2.42. The van der Waals surface area contributed by atoms with E-state index in [1.54, 1.807) is 6.07 Å². The lowest BCUT2D eigenvalue weighted by Gasteiger charge is -2.17. The lowest BCUT2D eigenvalue weighted by Crippen LogP contribution is -2.15. The molecule has 0 bridgehead atoms. The fourth-order valence-electron chi connectivity index (χ4n) is 1.94. The van der Waals surface area contributed by atoms with Crippen molar-refractivity contribution in [2.24, 2.45) is 5.73 Å². The molecule has 19 heavy (non-hydrogen) atoms. The third-order valence-electron chi connectivity index (χ3n) is 2.85. The molecule has 2 aromatic rings. The summed E-state index contributed by atoms with van der Waals surface area (Å²) in [5.41, 5.74) is 7.24. The first kappa shape index (κ1) is 13.8. The van der Waals surface area contributed by atoms with Crippen LogP contribution in [0, 0.1) is 5.82 Å². The third-order valence-corrected chi connectivity index (χ3v) is 3.08. The molecule has 2 rings (SSSR count). The van der Waals surface area contributed by atoms with Crippen molar-refractivity contribution in [3.8, 4) is 5.75 Å².